The first kappa shape index (κ1) is 19.6. The van der Waals surface area contributed by atoms with Crippen molar-refractivity contribution in [2.45, 2.75) is 38.1 Å². The van der Waals surface area contributed by atoms with Crippen LogP contribution in [-0.2, 0) is 4.79 Å². The highest BCUT2D eigenvalue weighted by atomic mass is 35.5. The first-order valence-electron chi connectivity index (χ1n) is 7.45. The van der Waals surface area contributed by atoms with E-state index in [-0.39, 0.29) is 42.7 Å². The van der Waals surface area contributed by atoms with Crippen LogP contribution < -0.4 is 11.1 Å². The molecule has 1 fully saturated rings. The molecule has 1 amide bonds. The fraction of sp³-hybridized carbons (Fsp3) is 0.714. The van der Waals surface area contributed by atoms with Crippen LogP contribution in [0.25, 0.3) is 0 Å². The highest BCUT2D eigenvalue weighted by Gasteiger charge is 2.28. The van der Waals surface area contributed by atoms with E-state index in [1.165, 1.54) is 5.70 Å². The number of thioether (sulfide) groups is 1. The summed E-state index contributed by atoms with van der Waals surface area (Å²) in [4.78, 5) is 18.8. The molecule has 0 unspecified atom stereocenters. The third-order valence-electron chi connectivity index (χ3n) is 4.19. The molecule has 0 saturated heterocycles. The van der Waals surface area contributed by atoms with E-state index in [1.807, 2.05) is 0 Å². The van der Waals surface area contributed by atoms with E-state index in [4.69, 9.17) is 5.73 Å². The van der Waals surface area contributed by atoms with Crippen LogP contribution in [0.3, 0.4) is 0 Å². The molecule has 0 bridgehead atoms. The van der Waals surface area contributed by atoms with Gasteiger partial charge in [0.2, 0.25) is 5.91 Å². The number of amides is 1. The lowest BCUT2D eigenvalue weighted by atomic mass is 10.1. The Kier molecular flexibility index (Phi) is 8.03. The molecular formula is C14H24Cl2N4OS. The quantitative estimate of drug-likeness (QED) is 0.799. The summed E-state index contributed by atoms with van der Waals surface area (Å²) in [5, 5.41) is 6.35. The molecular weight excluding hydrogens is 343 g/mol. The van der Waals surface area contributed by atoms with Crippen LogP contribution in [0.5, 0.6) is 0 Å². The number of nitrogens with two attached hydrogens (primary N) is 1. The Balaban J connectivity index is 0.00000121. The Hall–Kier alpha value is -0.430. The normalized spacial score (nSPS) is 26.3. The summed E-state index contributed by atoms with van der Waals surface area (Å²) in [6, 6.07) is 0.215. The van der Waals surface area contributed by atoms with Crippen molar-refractivity contribution in [2.75, 3.05) is 19.6 Å². The van der Waals surface area contributed by atoms with Gasteiger partial charge in [0.05, 0.1) is 0 Å². The average Bonchev–Trinajstić information content (AvgIpc) is 3.06. The monoisotopic (exact) mass is 366 g/mol. The smallest absolute Gasteiger partial charge is 0.223 e. The van der Waals surface area contributed by atoms with E-state index >= 15 is 0 Å². The van der Waals surface area contributed by atoms with Crippen LogP contribution in [0, 0.1) is 5.92 Å². The largest absolute Gasteiger partial charge is 0.355 e. The Morgan fingerprint density at radius 3 is 3.00 bits per heavy atom. The van der Waals surface area contributed by atoms with E-state index in [1.54, 1.807) is 11.8 Å². The number of nitrogens with zero attached hydrogens (tertiary/aromatic N) is 2. The predicted molar refractivity (Wildman–Crippen MR) is 96.7 cm³/mol. The van der Waals surface area contributed by atoms with Crippen LogP contribution in [0.4, 0.5) is 0 Å². The zero-order valence-electron chi connectivity index (χ0n) is 12.5. The molecule has 0 aromatic carbocycles. The van der Waals surface area contributed by atoms with Crippen molar-refractivity contribution >= 4 is 47.7 Å². The average molecular weight is 367 g/mol. The van der Waals surface area contributed by atoms with Crippen molar-refractivity contribution in [3.05, 3.63) is 11.1 Å². The Labute approximate surface area is 148 Å². The summed E-state index contributed by atoms with van der Waals surface area (Å²) >= 11 is 1.70. The van der Waals surface area contributed by atoms with Gasteiger partial charge in [0.15, 0.2) is 5.17 Å². The van der Waals surface area contributed by atoms with Crippen LogP contribution >= 0.6 is 36.6 Å². The Bertz CT molecular complexity index is 458. The third-order valence-corrected chi connectivity index (χ3v) is 5.14. The lowest BCUT2D eigenvalue weighted by molar-refractivity contribution is -0.124. The summed E-state index contributed by atoms with van der Waals surface area (Å²) in [7, 11) is 0. The molecule has 0 radical (unpaired) electrons. The molecule has 22 heavy (non-hydrogen) atoms. The standard InChI is InChI=1S/C14H22N4OS.2ClH/c15-11-3-2-10(8-11)13(19)16-6-4-12-9-20-14-17-5-1-7-18(12)14;;/h9-11H,1-8,15H2,(H,16,19);2*1H/t10-,11+;;/m0../s1. The first-order chi connectivity index (χ1) is 9.74. The summed E-state index contributed by atoms with van der Waals surface area (Å²) < 4.78 is 0. The second kappa shape index (κ2) is 9.01. The van der Waals surface area contributed by atoms with Gasteiger partial charge in [-0.1, -0.05) is 11.8 Å². The summed E-state index contributed by atoms with van der Waals surface area (Å²) in [6.07, 6.45) is 4.76. The van der Waals surface area contributed by atoms with Gasteiger partial charge in [0.25, 0.3) is 0 Å². The number of fused-ring (bicyclic) bond motifs is 1. The summed E-state index contributed by atoms with van der Waals surface area (Å²) in [6.45, 7) is 2.71. The molecule has 8 heteroatoms. The fourth-order valence-corrected chi connectivity index (χ4v) is 4.03. The van der Waals surface area contributed by atoms with Gasteiger partial charge in [-0.15, -0.1) is 24.8 Å². The number of amidine groups is 1. The van der Waals surface area contributed by atoms with Crippen LogP contribution in [0.15, 0.2) is 16.1 Å². The van der Waals surface area contributed by atoms with Crippen molar-refractivity contribution in [1.82, 2.24) is 10.2 Å². The molecule has 0 aromatic heterocycles. The molecule has 1 saturated carbocycles. The minimum atomic E-state index is 0. The van der Waals surface area contributed by atoms with E-state index in [2.05, 4.69) is 20.6 Å². The summed E-state index contributed by atoms with van der Waals surface area (Å²) in [5.74, 6) is 0.306. The molecule has 2 aliphatic heterocycles. The van der Waals surface area contributed by atoms with E-state index in [0.29, 0.717) is 6.54 Å². The van der Waals surface area contributed by atoms with Gasteiger partial charge < -0.3 is 16.0 Å². The fourth-order valence-electron chi connectivity index (χ4n) is 3.04. The van der Waals surface area contributed by atoms with Gasteiger partial charge in [-0.3, -0.25) is 9.79 Å². The van der Waals surface area contributed by atoms with E-state index in [0.717, 1.165) is 50.4 Å². The molecule has 1 aliphatic carbocycles. The second-order valence-corrected chi connectivity index (χ2v) is 6.54. The Morgan fingerprint density at radius 2 is 2.27 bits per heavy atom. The van der Waals surface area contributed by atoms with Gasteiger partial charge in [0.1, 0.15) is 0 Å². The predicted octanol–water partition coefficient (Wildman–Crippen LogP) is 2.11. The van der Waals surface area contributed by atoms with Crippen molar-refractivity contribution < 1.29 is 4.79 Å². The van der Waals surface area contributed by atoms with Gasteiger partial charge in [-0.25, -0.2) is 0 Å². The molecule has 0 aromatic rings. The van der Waals surface area contributed by atoms with Gasteiger partial charge in [-0.05, 0) is 31.1 Å². The second-order valence-electron chi connectivity index (χ2n) is 5.71. The van der Waals surface area contributed by atoms with Crippen molar-refractivity contribution in [3.8, 4) is 0 Å². The molecule has 3 rings (SSSR count). The number of carbonyl (C=O) groups excluding carboxylic acids is 1. The molecule has 3 aliphatic rings. The zero-order valence-corrected chi connectivity index (χ0v) is 14.9. The van der Waals surface area contributed by atoms with Crippen LogP contribution in [0.2, 0.25) is 0 Å². The molecule has 3 N–H and O–H groups in total. The number of hydrogen-bond acceptors (Lipinski definition) is 5. The molecule has 126 valence electrons. The number of rotatable bonds is 4. The molecule has 0 spiro atoms. The number of nitrogens with one attached hydrogen (secondary N) is 1. The van der Waals surface area contributed by atoms with Crippen molar-refractivity contribution in [2.24, 2.45) is 16.6 Å². The number of halogens is 2. The SMILES string of the molecule is Cl.Cl.N[C@@H]1CC[C@H](C(=O)NCCC2=CSC3=NCCCN23)C1. The maximum atomic E-state index is 12.0. The minimum Gasteiger partial charge on any atom is -0.355 e. The van der Waals surface area contributed by atoms with E-state index < -0.39 is 0 Å². The first-order valence-corrected chi connectivity index (χ1v) is 8.33. The number of hydrogen-bond donors (Lipinski definition) is 2. The van der Waals surface area contributed by atoms with Gasteiger partial charge in [0, 0.05) is 43.7 Å². The maximum absolute atomic E-state index is 12.0. The minimum absolute atomic E-state index is 0. The maximum Gasteiger partial charge on any atom is 0.223 e. The van der Waals surface area contributed by atoms with E-state index in [9.17, 15) is 4.79 Å². The highest BCUT2D eigenvalue weighted by molar-refractivity contribution is 8.16. The van der Waals surface area contributed by atoms with Gasteiger partial charge in [-0.2, -0.15) is 0 Å². The van der Waals surface area contributed by atoms with Crippen LogP contribution in [-0.4, -0.2) is 41.7 Å². The highest BCUT2D eigenvalue weighted by Crippen LogP contribution is 2.30. The molecule has 2 heterocycles. The molecule has 5 nitrogen and oxygen atoms in total. The number of carbonyl (C=O) groups is 1. The number of aliphatic imine (C=N–C) groups is 1. The third kappa shape index (κ3) is 4.54. The lowest BCUT2D eigenvalue weighted by Crippen LogP contribution is -2.34. The topological polar surface area (TPSA) is 70.7 Å². The van der Waals surface area contributed by atoms with Crippen LogP contribution in [0.1, 0.15) is 32.1 Å². The van der Waals surface area contributed by atoms with Crippen molar-refractivity contribution in [3.63, 3.8) is 0 Å². The van der Waals surface area contributed by atoms with Crippen molar-refractivity contribution in [1.29, 1.82) is 0 Å². The van der Waals surface area contributed by atoms with Gasteiger partial charge >= 0.3 is 0 Å². The Morgan fingerprint density at radius 1 is 1.45 bits per heavy atom. The molecule has 2 atom stereocenters. The zero-order chi connectivity index (χ0) is 13.9. The summed E-state index contributed by atoms with van der Waals surface area (Å²) in [5.41, 5.74) is 7.14. The lowest BCUT2D eigenvalue weighted by Gasteiger charge is -2.25.